The highest BCUT2D eigenvalue weighted by molar-refractivity contribution is 14.1. The van der Waals surface area contributed by atoms with Crippen LogP contribution in [-0.2, 0) is 0 Å². The molecule has 0 aliphatic rings. The van der Waals surface area contributed by atoms with Gasteiger partial charge in [-0.2, -0.15) is 0 Å². The highest BCUT2D eigenvalue weighted by Crippen LogP contribution is 2.26. The minimum atomic E-state index is -1.26. The van der Waals surface area contributed by atoms with Crippen molar-refractivity contribution in [2.24, 2.45) is 0 Å². The zero-order valence-corrected chi connectivity index (χ0v) is 14.8. The van der Waals surface area contributed by atoms with E-state index >= 15 is 0 Å². The lowest BCUT2D eigenvalue weighted by Gasteiger charge is -2.16. The number of halogens is 1. The van der Waals surface area contributed by atoms with Crippen LogP contribution in [0.3, 0.4) is 0 Å². The zero-order valence-electron chi connectivity index (χ0n) is 11.7. The smallest absolute Gasteiger partial charge is 0.0695 e. The van der Waals surface area contributed by atoms with Crippen LogP contribution < -0.4 is 0 Å². The minimum absolute atomic E-state index is 1.26. The largest absolute Gasteiger partial charge is 0.0867 e. The first-order valence-electron chi connectivity index (χ1n) is 6.50. The van der Waals surface area contributed by atoms with Crippen molar-refractivity contribution in [2.45, 2.75) is 19.6 Å². The molecule has 19 heavy (non-hydrogen) atoms. The van der Waals surface area contributed by atoms with E-state index in [9.17, 15) is 0 Å². The summed E-state index contributed by atoms with van der Waals surface area (Å²) in [7, 11) is -1.26. The van der Waals surface area contributed by atoms with E-state index in [0.717, 1.165) is 0 Å². The fourth-order valence-electron chi connectivity index (χ4n) is 2.01. The molecule has 98 valence electrons. The van der Waals surface area contributed by atoms with Crippen molar-refractivity contribution in [3.8, 4) is 0 Å². The molecule has 0 aliphatic carbocycles. The molecule has 0 radical (unpaired) electrons. The summed E-state index contributed by atoms with van der Waals surface area (Å²) < 4.78 is 1.28. The predicted molar refractivity (Wildman–Crippen MR) is 96.0 cm³/mol. The molecule has 0 bridgehead atoms. The van der Waals surface area contributed by atoms with Crippen LogP contribution in [0.2, 0.25) is 19.6 Å². The van der Waals surface area contributed by atoms with Crippen molar-refractivity contribution in [1.29, 1.82) is 0 Å². The minimum Gasteiger partial charge on any atom is -0.0867 e. The first kappa shape index (κ1) is 14.5. The monoisotopic (exact) mass is 378 g/mol. The average Bonchev–Trinajstić information content (AvgIpc) is 2.37. The highest BCUT2D eigenvalue weighted by Gasteiger charge is 2.13. The van der Waals surface area contributed by atoms with Gasteiger partial charge in [-0.05, 0) is 51.4 Å². The second-order valence-electron chi connectivity index (χ2n) is 5.80. The molecule has 0 atom stereocenters. The van der Waals surface area contributed by atoms with E-state index in [4.69, 9.17) is 0 Å². The molecule has 0 aliphatic heterocycles. The molecule has 0 saturated heterocycles. The normalized spacial score (nSPS) is 12.5. The predicted octanol–water partition coefficient (Wildman–Crippen LogP) is 5.60. The molecular formula is C17H19ISi. The molecule has 0 amide bonds. The van der Waals surface area contributed by atoms with E-state index < -0.39 is 8.07 Å². The van der Waals surface area contributed by atoms with Crippen LogP contribution in [0, 0.1) is 3.57 Å². The van der Waals surface area contributed by atoms with Crippen LogP contribution in [-0.4, -0.2) is 8.07 Å². The van der Waals surface area contributed by atoms with E-state index in [1.807, 2.05) is 0 Å². The Morgan fingerprint density at radius 3 is 1.89 bits per heavy atom. The summed E-state index contributed by atoms with van der Waals surface area (Å²) in [5, 5.41) is 0. The molecule has 0 saturated carbocycles. The fourth-order valence-corrected chi connectivity index (χ4v) is 3.57. The Bertz CT molecular complexity index is 562. The molecule has 0 N–H and O–H groups in total. The Kier molecular flexibility index (Phi) is 4.63. The lowest BCUT2D eigenvalue weighted by atomic mass is 10.00. The standard InChI is InChI=1S/C17H19ISi/c1-19(2,3)13-17(14-7-5-4-6-8-14)15-9-11-16(18)12-10-15/h4-13H,1-3H3/b17-13-. The Morgan fingerprint density at radius 2 is 1.37 bits per heavy atom. The molecule has 0 nitrogen and oxygen atoms in total. The maximum Gasteiger partial charge on any atom is 0.0695 e. The van der Waals surface area contributed by atoms with Crippen LogP contribution >= 0.6 is 22.6 Å². The number of hydrogen-bond donors (Lipinski definition) is 0. The summed E-state index contributed by atoms with van der Waals surface area (Å²) in [4.78, 5) is 0. The van der Waals surface area contributed by atoms with E-state index in [1.54, 1.807) is 0 Å². The SMILES string of the molecule is C[Si](C)(C)/C=C(/c1ccccc1)c1ccc(I)cc1. The first-order chi connectivity index (χ1) is 8.96. The van der Waals surface area contributed by atoms with Gasteiger partial charge in [-0.25, -0.2) is 0 Å². The summed E-state index contributed by atoms with van der Waals surface area (Å²) in [5.41, 5.74) is 6.49. The van der Waals surface area contributed by atoms with Gasteiger partial charge in [0.15, 0.2) is 0 Å². The van der Waals surface area contributed by atoms with Gasteiger partial charge in [0.05, 0.1) is 8.07 Å². The van der Waals surface area contributed by atoms with Gasteiger partial charge >= 0.3 is 0 Å². The Balaban J connectivity index is 2.53. The van der Waals surface area contributed by atoms with Crippen LogP contribution in [0.5, 0.6) is 0 Å². The van der Waals surface area contributed by atoms with E-state index in [0.29, 0.717) is 0 Å². The Hall–Kier alpha value is -0.873. The molecule has 0 spiro atoms. The summed E-state index contributed by atoms with van der Waals surface area (Å²) in [5.74, 6) is 0. The van der Waals surface area contributed by atoms with Gasteiger partial charge in [0.25, 0.3) is 0 Å². The number of hydrogen-bond acceptors (Lipinski definition) is 0. The van der Waals surface area contributed by atoms with E-state index in [2.05, 4.69) is 103 Å². The maximum atomic E-state index is 2.49. The summed E-state index contributed by atoms with van der Waals surface area (Å²) >= 11 is 2.35. The molecule has 0 heterocycles. The molecule has 2 aromatic rings. The van der Waals surface area contributed by atoms with Crippen molar-refractivity contribution in [3.05, 3.63) is 75.0 Å². The lowest BCUT2D eigenvalue weighted by molar-refractivity contribution is 1.53. The van der Waals surface area contributed by atoms with Gasteiger partial charge in [0.1, 0.15) is 0 Å². The first-order valence-corrected chi connectivity index (χ1v) is 11.2. The molecule has 2 rings (SSSR count). The second-order valence-corrected chi connectivity index (χ2v) is 12.1. The lowest BCUT2D eigenvalue weighted by Crippen LogP contribution is -2.17. The molecule has 0 unspecified atom stereocenters. The molecule has 2 heteroatoms. The third kappa shape index (κ3) is 4.32. The van der Waals surface area contributed by atoms with Gasteiger partial charge in [0, 0.05) is 3.57 Å². The Morgan fingerprint density at radius 1 is 0.842 bits per heavy atom. The van der Waals surface area contributed by atoms with Gasteiger partial charge in [0.2, 0.25) is 0 Å². The van der Waals surface area contributed by atoms with Gasteiger partial charge in [-0.15, -0.1) is 0 Å². The van der Waals surface area contributed by atoms with E-state index in [1.165, 1.54) is 20.3 Å². The summed E-state index contributed by atoms with van der Waals surface area (Å²) in [6.07, 6.45) is 0. The van der Waals surface area contributed by atoms with Crippen LogP contribution in [0.4, 0.5) is 0 Å². The zero-order chi connectivity index (χ0) is 13.9. The third-order valence-electron chi connectivity index (χ3n) is 2.82. The van der Waals surface area contributed by atoms with Crippen LogP contribution in [0.15, 0.2) is 60.3 Å². The van der Waals surface area contributed by atoms with E-state index in [-0.39, 0.29) is 0 Å². The second kappa shape index (κ2) is 6.05. The van der Waals surface area contributed by atoms with Crippen molar-refractivity contribution in [1.82, 2.24) is 0 Å². The molecule has 0 fully saturated rings. The molecule has 0 aromatic heterocycles. The van der Waals surface area contributed by atoms with Crippen molar-refractivity contribution in [3.63, 3.8) is 0 Å². The molecule has 2 aromatic carbocycles. The van der Waals surface area contributed by atoms with Gasteiger partial charge in [-0.1, -0.05) is 67.8 Å². The van der Waals surface area contributed by atoms with Gasteiger partial charge in [-0.3, -0.25) is 0 Å². The number of benzene rings is 2. The highest BCUT2D eigenvalue weighted by atomic mass is 127. The van der Waals surface area contributed by atoms with Crippen molar-refractivity contribution >= 4 is 36.2 Å². The van der Waals surface area contributed by atoms with Crippen LogP contribution in [0.1, 0.15) is 11.1 Å². The number of rotatable bonds is 3. The summed E-state index contributed by atoms with van der Waals surface area (Å²) in [6.45, 7) is 7.13. The topological polar surface area (TPSA) is 0 Å². The van der Waals surface area contributed by atoms with Crippen LogP contribution in [0.25, 0.3) is 5.57 Å². The average molecular weight is 378 g/mol. The fraction of sp³-hybridized carbons (Fsp3) is 0.176. The Labute approximate surface area is 130 Å². The van der Waals surface area contributed by atoms with Crippen molar-refractivity contribution < 1.29 is 0 Å². The quantitative estimate of drug-likeness (QED) is 0.482. The van der Waals surface area contributed by atoms with Crippen molar-refractivity contribution in [2.75, 3.05) is 0 Å². The van der Waals surface area contributed by atoms with Gasteiger partial charge < -0.3 is 0 Å². The molecular weight excluding hydrogens is 359 g/mol. The summed E-state index contributed by atoms with van der Waals surface area (Å²) in [6, 6.07) is 19.5. The maximum absolute atomic E-state index is 2.49. The third-order valence-corrected chi connectivity index (χ3v) is 4.69.